The van der Waals surface area contributed by atoms with Gasteiger partial charge in [0.15, 0.2) is 0 Å². The molecule has 1 aliphatic heterocycles. The highest BCUT2D eigenvalue weighted by Gasteiger charge is 2.40. The Hall–Kier alpha value is -2.44. The van der Waals surface area contributed by atoms with Gasteiger partial charge in [-0.2, -0.15) is 0 Å². The molecule has 1 fully saturated rings. The van der Waals surface area contributed by atoms with Crippen molar-refractivity contribution in [1.82, 2.24) is 4.90 Å². The Bertz CT molecular complexity index is 632. The van der Waals surface area contributed by atoms with Gasteiger partial charge >= 0.3 is 11.9 Å². The van der Waals surface area contributed by atoms with Crippen molar-refractivity contribution in [3.05, 3.63) is 29.6 Å². The van der Waals surface area contributed by atoms with Gasteiger partial charge in [-0.25, -0.2) is 9.18 Å². The quantitative estimate of drug-likeness (QED) is 0.808. The molecular weight excluding hydrogens is 291 g/mol. The van der Waals surface area contributed by atoms with Crippen LogP contribution in [0.5, 0.6) is 0 Å². The van der Waals surface area contributed by atoms with Gasteiger partial charge in [0.25, 0.3) is 0 Å². The Balaban J connectivity index is 2.06. The molecule has 7 heteroatoms. The Morgan fingerprint density at radius 3 is 2.64 bits per heavy atom. The third kappa shape index (κ3) is 3.08. The van der Waals surface area contributed by atoms with E-state index in [1.54, 1.807) is 13.8 Å². The van der Waals surface area contributed by atoms with Crippen molar-refractivity contribution in [2.24, 2.45) is 5.92 Å². The lowest BCUT2D eigenvalue weighted by Gasteiger charge is -2.22. The van der Waals surface area contributed by atoms with Crippen molar-refractivity contribution in [2.75, 3.05) is 11.9 Å². The zero-order chi connectivity index (χ0) is 16.4. The predicted molar refractivity (Wildman–Crippen MR) is 76.7 cm³/mol. The number of aryl methyl sites for hydroxylation is 1. The number of nitrogens with one attached hydrogen (secondary N) is 1. The van der Waals surface area contributed by atoms with E-state index >= 15 is 0 Å². The molecule has 0 aliphatic carbocycles. The summed E-state index contributed by atoms with van der Waals surface area (Å²) in [6.45, 7) is 3.47. The number of carboxylic acids is 1. The number of likely N-dealkylation sites (tertiary alicyclic amines) is 1. The molecule has 118 valence electrons. The summed E-state index contributed by atoms with van der Waals surface area (Å²) in [7, 11) is 0. The molecule has 0 spiro atoms. The fraction of sp³-hybridized carbons (Fsp3) is 0.400. The summed E-state index contributed by atoms with van der Waals surface area (Å²) in [5.41, 5.74) is 0.888. The molecule has 2 rings (SSSR count). The number of aliphatic carboxylic acids is 1. The molecule has 0 bridgehead atoms. The minimum Gasteiger partial charge on any atom is -0.474 e. The first kappa shape index (κ1) is 15.9. The topological polar surface area (TPSA) is 86.7 Å². The smallest absolute Gasteiger partial charge is 0.394 e. The highest BCUT2D eigenvalue weighted by molar-refractivity contribution is 6.31. The lowest BCUT2D eigenvalue weighted by Crippen LogP contribution is -2.42. The van der Waals surface area contributed by atoms with Gasteiger partial charge in [0.1, 0.15) is 5.82 Å². The number of halogens is 1. The number of amides is 2. The number of hydrogen-bond acceptors (Lipinski definition) is 3. The van der Waals surface area contributed by atoms with E-state index in [0.717, 1.165) is 0 Å². The van der Waals surface area contributed by atoms with Crippen LogP contribution in [-0.4, -0.2) is 40.4 Å². The van der Waals surface area contributed by atoms with Crippen LogP contribution in [0, 0.1) is 18.7 Å². The number of hydrogen-bond donors (Lipinski definition) is 2. The summed E-state index contributed by atoms with van der Waals surface area (Å²) in [5, 5.41) is 11.4. The number of rotatable bonds is 2. The first-order chi connectivity index (χ1) is 10.3. The van der Waals surface area contributed by atoms with Crippen LogP contribution in [0.25, 0.3) is 0 Å². The standard InChI is InChI=1S/C15H17FN2O4/c1-8-7-10(3-4-12(8)16)17-13(19)11-5-6-18(9(11)2)14(20)15(21)22/h3-4,7,9,11H,5-6H2,1-2H3,(H,17,19)(H,21,22)/t9-,11-/m0/s1. The molecule has 0 aromatic heterocycles. The van der Waals surface area contributed by atoms with Gasteiger partial charge in [0, 0.05) is 18.3 Å². The Morgan fingerprint density at radius 2 is 2.05 bits per heavy atom. The maximum Gasteiger partial charge on any atom is 0.394 e. The Kier molecular flexibility index (Phi) is 4.44. The van der Waals surface area contributed by atoms with Crippen molar-refractivity contribution in [3.8, 4) is 0 Å². The number of anilines is 1. The monoisotopic (exact) mass is 308 g/mol. The molecule has 2 N–H and O–H groups in total. The SMILES string of the molecule is Cc1cc(NC(=O)[C@H]2CCN(C(=O)C(=O)O)[C@H]2C)ccc1F. The third-order valence-electron chi connectivity index (χ3n) is 3.96. The molecule has 0 saturated carbocycles. The normalized spacial score (nSPS) is 20.8. The van der Waals surface area contributed by atoms with Crippen molar-refractivity contribution >= 4 is 23.5 Å². The van der Waals surface area contributed by atoms with Gasteiger partial charge < -0.3 is 15.3 Å². The molecule has 1 aliphatic rings. The molecule has 0 unspecified atom stereocenters. The summed E-state index contributed by atoms with van der Waals surface area (Å²) in [6, 6.07) is 3.75. The number of carbonyl (C=O) groups excluding carboxylic acids is 2. The number of carbonyl (C=O) groups is 3. The van der Waals surface area contributed by atoms with Gasteiger partial charge in [0.2, 0.25) is 5.91 Å². The molecule has 1 aromatic rings. The fourth-order valence-corrected chi connectivity index (χ4v) is 2.66. The average Bonchev–Trinajstić information content (AvgIpc) is 2.83. The largest absolute Gasteiger partial charge is 0.474 e. The van der Waals surface area contributed by atoms with Crippen LogP contribution in [0.2, 0.25) is 0 Å². The second-order valence-corrected chi connectivity index (χ2v) is 5.39. The second kappa shape index (κ2) is 6.13. The summed E-state index contributed by atoms with van der Waals surface area (Å²) in [4.78, 5) is 35.7. The maximum absolute atomic E-state index is 13.2. The summed E-state index contributed by atoms with van der Waals surface area (Å²) in [5.74, 6) is -3.68. The van der Waals surface area contributed by atoms with Crippen molar-refractivity contribution in [2.45, 2.75) is 26.3 Å². The third-order valence-corrected chi connectivity index (χ3v) is 3.96. The van der Waals surface area contributed by atoms with Crippen LogP contribution in [0.3, 0.4) is 0 Å². The summed E-state index contributed by atoms with van der Waals surface area (Å²) >= 11 is 0. The van der Waals surface area contributed by atoms with Crippen LogP contribution in [0.4, 0.5) is 10.1 Å². The molecule has 2 amide bonds. The second-order valence-electron chi connectivity index (χ2n) is 5.39. The average molecular weight is 308 g/mol. The number of carboxylic acid groups (broad SMARTS) is 1. The van der Waals surface area contributed by atoms with Crippen molar-refractivity contribution in [1.29, 1.82) is 0 Å². The van der Waals surface area contributed by atoms with E-state index in [0.29, 0.717) is 17.7 Å². The molecule has 1 saturated heterocycles. The van der Waals surface area contributed by atoms with Gasteiger partial charge in [-0.05, 0) is 44.0 Å². The Morgan fingerprint density at radius 1 is 1.36 bits per heavy atom. The van der Waals surface area contributed by atoms with Crippen molar-refractivity contribution < 1.29 is 23.9 Å². The molecule has 1 heterocycles. The Labute approximate surface area is 126 Å². The van der Waals surface area contributed by atoms with Gasteiger partial charge in [-0.15, -0.1) is 0 Å². The van der Waals surface area contributed by atoms with E-state index in [4.69, 9.17) is 5.11 Å². The van der Waals surface area contributed by atoms with E-state index in [2.05, 4.69) is 5.32 Å². The minimum absolute atomic E-state index is 0.229. The van der Waals surface area contributed by atoms with E-state index in [1.807, 2.05) is 0 Å². The van der Waals surface area contributed by atoms with Gasteiger partial charge in [-0.1, -0.05) is 0 Å². The highest BCUT2D eigenvalue weighted by atomic mass is 19.1. The first-order valence-electron chi connectivity index (χ1n) is 6.92. The van der Waals surface area contributed by atoms with Crippen LogP contribution in [0.1, 0.15) is 18.9 Å². The van der Waals surface area contributed by atoms with Crippen molar-refractivity contribution in [3.63, 3.8) is 0 Å². The van der Waals surface area contributed by atoms with E-state index in [1.165, 1.54) is 23.1 Å². The summed E-state index contributed by atoms with van der Waals surface area (Å²) < 4.78 is 13.2. The molecule has 1 aromatic carbocycles. The van der Waals surface area contributed by atoms with E-state index in [-0.39, 0.29) is 18.3 Å². The number of benzene rings is 1. The lowest BCUT2D eigenvalue weighted by molar-refractivity contribution is -0.156. The van der Waals surface area contributed by atoms with E-state index < -0.39 is 23.8 Å². The van der Waals surface area contributed by atoms with Crippen LogP contribution in [0.15, 0.2) is 18.2 Å². The van der Waals surface area contributed by atoms with Crippen LogP contribution in [-0.2, 0) is 14.4 Å². The fourth-order valence-electron chi connectivity index (χ4n) is 2.66. The zero-order valence-electron chi connectivity index (χ0n) is 12.3. The molecule has 6 nitrogen and oxygen atoms in total. The van der Waals surface area contributed by atoms with Gasteiger partial charge in [-0.3, -0.25) is 9.59 Å². The van der Waals surface area contributed by atoms with E-state index in [9.17, 15) is 18.8 Å². The molecule has 2 atom stereocenters. The zero-order valence-corrected chi connectivity index (χ0v) is 12.3. The molecule has 0 radical (unpaired) electrons. The summed E-state index contributed by atoms with van der Waals surface area (Å²) in [6.07, 6.45) is 0.395. The van der Waals surface area contributed by atoms with Crippen LogP contribution < -0.4 is 5.32 Å². The minimum atomic E-state index is -1.53. The highest BCUT2D eigenvalue weighted by Crippen LogP contribution is 2.26. The number of nitrogens with zero attached hydrogens (tertiary/aromatic N) is 1. The van der Waals surface area contributed by atoms with Crippen LogP contribution >= 0.6 is 0 Å². The predicted octanol–water partition coefficient (Wildman–Crippen LogP) is 1.39. The molecule has 22 heavy (non-hydrogen) atoms. The first-order valence-corrected chi connectivity index (χ1v) is 6.92. The van der Waals surface area contributed by atoms with Gasteiger partial charge in [0.05, 0.1) is 5.92 Å². The lowest BCUT2D eigenvalue weighted by atomic mass is 10.0. The molecular formula is C15H17FN2O4. The maximum atomic E-state index is 13.2.